The molecule has 0 saturated heterocycles. The zero-order valence-electron chi connectivity index (χ0n) is 10.8. The van der Waals surface area contributed by atoms with Gasteiger partial charge < -0.3 is 5.32 Å². The molecule has 102 valence electrons. The van der Waals surface area contributed by atoms with Crippen molar-refractivity contribution in [2.75, 3.05) is 5.32 Å². The molecule has 0 saturated carbocycles. The van der Waals surface area contributed by atoms with Crippen molar-refractivity contribution in [3.63, 3.8) is 0 Å². The third-order valence-corrected chi connectivity index (χ3v) is 3.80. The highest BCUT2D eigenvalue weighted by Crippen LogP contribution is 2.23. The van der Waals surface area contributed by atoms with E-state index < -0.39 is 0 Å². The van der Waals surface area contributed by atoms with E-state index in [1.807, 2.05) is 23.6 Å². The van der Waals surface area contributed by atoms with E-state index in [-0.39, 0.29) is 11.6 Å². The monoisotopic (exact) mass is 294 g/mol. The molecule has 0 aliphatic heterocycles. The number of aromatic nitrogens is 2. The molecule has 0 aliphatic carbocycles. The highest BCUT2D eigenvalue weighted by Gasteiger charge is 2.13. The molecule has 2 heterocycles. The van der Waals surface area contributed by atoms with Crippen molar-refractivity contribution in [1.29, 1.82) is 5.26 Å². The number of rotatable bonds is 3. The number of benzene rings is 1. The van der Waals surface area contributed by atoms with Gasteiger partial charge >= 0.3 is 0 Å². The fourth-order valence-electron chi connectivity index (χ4n) is 1.87. The minimum Gasteiger partial charge on any atom is -0.319 e. The summed E-state index contributed by atoms with van der Waals surface area (Å²) in [7, 11) is 0. The Labute approximate surface area is 124 Å². The van der Waals surface area contributed by atoms with Crippen LogP contribution >= 0.6 is 11.3 Å². The second-order valence-electron chi connectivity index (χ2n) is 4.26. The molecule has 0 aliphatic rings. The number of nitriles is 1. The highest BCUT2D eigenvalue weighted by atomic mass is 32.1. The van der Waals surface area contributed by atoms with Crippen LogP contribution in [-0.2, 0) is 0 Å². The molecular weight excluding hydrogens is 284 g/mol. The van der Waals surface area contributed by atoms with Crippen LogP contribution < -0.4 is 5.32 Å². The third kappa shape index (κ3) is 2.68. The SMILES string of the molecule is N#Cc1ccccc1NC(=O)c1cc(-c2cccs2)[nH]n1. The van der Waals surface area contributed by atoms with Gasteiger partial charge in [-0.1, -0.05) is 18.2 Å². The van der Waals surface area contributed by atoms with Crippen molar-refractivity contribution < 1.29 is 4.79 Å². The molecule has 0 atom stereocenters. The summed E-state index contributed by atoms with van der Waals surface area (Å²) in [4.78, 5) is 13.2. The molecule has 0 fully saturated rings. The Kier molecular flexibility index (Phi) is 3.50. The number of hydrogen-bond donors (Lipinski definition) is 2. The van der Waals surface area contributed by atoms with E-state index in [0.29, 0.717) is 11.3 Å². The number of hydrogen-bond acceptors (Lipinski definition) is 4. The number of aromatic amines is 1. The van der Waals surface area contributed by atoms with Gasteiger partial charge in [0.05, 0.1) is 21.8 Å². The van der Waals surface area contributed by atoms with Crippen molar-refractivity contribution in [1.82, 2.24) is 10.2 Å². The van der Waals surface area contributed by atoms with Crippen LogP contribution in [-0.4, -0.2) is 16.1 Å². The lowest BCUT2D eigenvalue weighted by Crippen LogP contribution is -2.13. The van der Waals surface area contributed by atoms with E-state index in [2.05, 4.69) is 15.5 Å². The van der Waals surface area contributed by atoms with Gasteiger partial charge in [0.15, 0.2) is 5.69 Å². The predicted molar refractivity (Wildman–Crippen MR) is 81.0 cm³/mol. The molecule has 5 nitrogen and oxygen atoms in total. The summed E-state index contributed by atoms with van der Waals surface area (Å²) in [6.07, 6.45) is 0. The summed E-state index contributed by atoms with van der Waals surface area (Å²) in [6, 6.07) is 14.5. The number of nitrogens with zero attached hydrogens (tertiary/aromatic N) is 2. The first-order valence-corrected chi connectivity index (χ1v) is 7.05. The molecule has 2 aromatic heterocycles. The first-order valence-electron chi connectivity index (χ1n) is 6.17. The average Bonchev–Trinajstić information content (AvgIpc) is 3.18. The quantitative estimate of drug-likeness (QED) is 0.778. The molecule has 0 bridgehead atoms. The van der Waals surface area contributed by atoms with Crippen LogP contribution in [0.2, 0.25) is 0 Å². The van der Waals surface area contributed by atoms with Crippen LogP contribution in [0, 0.1) is 11.3 Å². The molecule has 0 radical (unpaired) electrons. The number of carbonyl (C=O) groups is 1. The summed E-state index contributed by atoms with van der Waals surface area (Å²) < 4.78 is 0. The Hall–Kier alpha value is -2.91. The molecular formula is C15H10N4OS. The maximum Gasteiger partial charge on any atom is 0.276 e. The first-order chi connectivity index (χ1) is 10.3. The third-order valence-electron chi connectivity index (χ3n) is 2.89. The number of nitrogens with one attached hydrogen (secondary N) is 2. The number of H-pyrrole nitrogens is 1. The van der Waals surface area contributed by atoms with Crippen LogP contribution in [0.15, 0.2) is 47.8 Å². The summed E-state index contributed by atoms with van der Waals surface area (Å²) in [5, 5.41) is 20.5. The van der Waals surface area contributed by atoms with Crippen molar-refractivity contribution in [2.24, 2.45) is 0 Å². The second-order valence-corrected chi connectivity index (χ2v) is 5.20. The fraction of sp³-hybridized carbons (Fsp3) is 0. The molecule has 3 aromatic rings. The van der Waals surface area contributed by atoms with Crippen molar-refractivity contribution in [3.05, 3.63) is 59.1 Å². The standard InChI is InChI=1S/C15H10N4OS/c16-9-10-4-1-2-5-11(10)17-15(20)13-8-12(18-19-13)14-6-3-7-21-14/h1-8H,(H,17,20)(H,18,19). The van der Waals surface area contributed by atoms with E-state index >= 15 is 0 Å². The van der Waals surface area contributed by atoms with E-state index in [1.165, 1.54) is 0 Å². The van der Waals surface area contributed by atoms with Crippen LogP contribution in [0.1, 0.15) is 16.1 Å². The summed E-state index contributed by atoms with van der Waals surface area (Å²) >= 11 is 1.57. The van der Waals surface area contributed by atoms with Crippen LogP contribution in [0.3, 0.4) is 0 Å². The molecule has 1 amide bonds. The topological polar surface area (TPSA) is 81.6 Å². The summed E-state index contributed by atoms with van der Waals surface area (Å²) in [5.41, 5.74) is 1.97. The van der Waals surface area contributed by atoms with Gasteiger partial charge in [-0.2, -0.15) is 10.4 Å². The van der Waals surface area contributed by atoms with Gasteiger partial charge in [-0.25, -0.2) is 0 Å². The zero-order chi connectivity index (χ0) is 14.7. The average molecular weight is 294 g/mol. The predicted octanol–water partition coefficient (Wildman–Crippen LogP) is 3.26. The second kappa shape index (κ2) is 5.61. The number of amides is 1. The van der Waals surface area contributed by atoms with E-state index in [0.717, 1.165) is 10.6 Å². The molecule has 0 unspecified atom stereocenters. The van der Waals surface area contributed by atoms with Gasteiger partial charge in [-0.15, -0.1) is 11.3 Å². The van der Waals surface area contributed by atoms with Gasteiger partial charge in [0.1, 0.15) is 6.07 Å². The summed E-state index contributed by atoms with van der Waals surface area (Å²) in [5.74, 6) is -0.350. The Morgan fingerprint density at radius 3 is 2.90 bits per heavy atom. The lowest BCUT2D eigenvalue weighted by molar-refractivity contribution is 0.102. The number of carbonyl (C=O) groups excluding carboxylic acids is 1. The van der Waals surface area contributed by atoms with Gasteiger partial charge in [-0.3, -0.25) is 9.89 Å². The van der Waals surface area contributed by atoms with Crippen LogP contribution in [0.4, 0.5) is 5.69 Å². The number of thiophene rings is 1. The maximum atomic E-state index is 12.2. The lowest BCUT2D eigenvalue weighted by Gasteiger charge is -2.04. The highest BCUT2D eigenvalue weighted by molar-refractivity contribution is 7.13. The van der Waals surface area contributed by atoms with Gasteiger partial charge in [0.25, 0.3) is 5.91 Å². The Balaban J connectivity index is 1.82. The van der Waals surface area contributed by atoms with Crippen LogP contribution in [0.25, 0.3) is 10.6 Å². The minimum atomic E-state index is -0.350. The molecule has 2 N–H and O–H groups in total. The first kappa shape index (κ1) is 13.1. The number of para-hydroxylation sites is 1. The molecule has 3 rings (SSSR count). The van der Waals surface area contributed by atoms with E-state index in [4.69, 9.17) is 5.26 Å². The largest absolute Gasteiger partial charge is 0.319 e. The number of anilines is 1. The van der Waals surface area contributed by atoms with Gasteiger partial charge in [0, 0.05) is 0 Å². The maximum absolute atomic E-state index is 12.2. The normalized spacial score (nSPS) is 10.0. The lowest BCUT2D eigenvalue weighted by atomic mass is 10.2. The van der Waals surface area contributed by atoms with Gasteiger partial charge in [0.2, 0.25) is 0 Å². The fourth-order valence-corrected chi connectivity index (χ4v) is 2.56. The van der Waals surface area contributed by atoms with Crippen molar-refractivity contribution in [2.45, 2.75) is 0 Å². The molecule has 6 heteroatoms. The molecule has 21 heavy (non-hydrogen) atoms. The Morgan fingerprint density at radius 2 is 2.14 bits per heavy atom. The van der Waals surface area contributed by atoms with Crippen molar-refractivity contribution in [3.8, 4) is 16.6 Å². The van der Waals surface area contributed by atoms with Crippen LogP contribution in [0.5, 0.6) is 0 Å². The Bertz CT molecular complexity index is 814. The smallest absolute Gasteiger partial charge is 0.276 e. The van der Waals surface area contributed by atoms with Crippen molar-refractivity contribution >= 4 is 22.9 Å². The minimum absolute atomic E-state index is 0.283. The Morgan fingerprint density at radius 1 is 1.29 bits per heavy atom. The molecule has 1 aromatic carbocycles. The van der Waals surface area contributed by atoms with E-state index in [9.17, 15) is 4.79 Å². The zero-order valence-corrected chi connectivity index (χ0v) is 11.6. The van der Waals surface area contributed by atoms with E-state index in [1.54, 1.807) is 41.7 Å². The van der Waals surface area contributed by atoms with Gasteiger partial charge in [-0.05, 0) is 29.6 Å². The summed E-state index contributed by atoms with van der Waals surface area (Å²) in [6.45, 7) is 0. The molecule has 0 spiro atoms.